The van der Waals surface area contributed by atoms with E-state index in [1.54, 1.807) is 0 Å². The minimum Gasteiger partial charge on any atom is -0.397 e. The van der Waals surface area contributed by atoms with Crippen molar-refractivity contribution in [2.75, 3.05) is 5.73 Å². The zero-order chi connectivity index (χ0) is 15.6. The summed E-state index contributed by atoms with van der Waals surface area (Å²) in [4.78, 5) is 13.0. The molecule has 0 aliphatic carbocycles. The Kier molecular flexibility index (Phi) is 5.27. The summed E-state index contributed by atoms with van der Waals surface area (Å²) in [5.41, 5.74) is 6.73. The third kappa shape index (κ3) is 3.58. The van der Waals surface area contributed by atoms with Gasteiger partial charge in [-0.25, -0.2) is 0 Å². The molecule has 1 aromatic heterocycles. The van der Waals surface area contributed by atoms with E-state index in [-0.39, 0.29) is 11.9 Å². The van der Waals surface area contributed by atoms with Crippen LogP contribution >= 0.6 is 27.3 Å². The fraction of sp³-hybridized carbons (Fsp3) is 0.438. The summed E-state index contributed by atoms with van der Waals surface area (Å²) in [6.45, 7) is 6.41. The standard InChI is InChI=1S/C16H21BrN2OS/c1-4-9(2)8-10(3)19-16(20)15-14(18)13-11(17)6-5-7-12(13)21-15/h5-7,9-10H,4,8,18H2,1-3H3,(H,19,20). The van der Waals surface area contributed by atoms with Crippen LogP contribution in [0.25, 0.3) is 10.1 Å². The number of benzene rings is 1. The molecule has 0 aliphatic rings. The summed E-state index contributed by atoms with van der Waals surface area (Å²) in [6, 6.07) is 6.04. The third-order valence-corrected chi connectivity index (χ3v) is 5.57. The van der Waals surface area contributed by atoms with Crippen LogP contribution in [-0.4, -0.2) is 11.9 Å². The number of anilines is 1. The molecule has 1 aromatic carbocycles. The van der Waals surface area contributed by atoms with Gasteiger partial charge >= 0.3 is 0 Å². The second-order valence-electron chi connectivity index (χ2n) is 5.58. The number of rotatable bonds is 5. The predicted octanol–water partition coefficient (Wildman–Crippen LogP) is 4.80. The van der Waals surface area contributed by atoms with Gasteiger partial charge in [-0.15, -0.1) is 11.3 Å². The highest BCUT2D eigenvalue weighted by molar-refractivity contribution is 9.10. The molecular weight excluding hydrogens is 348 g/mol. The van der Waals surface area contributed by atoms with Crippen LogP contribution in [0.3, 0.4) is 0 Å². The van der Waals surface area contributed by atoms with Crippen LogP contribution in [-0.2, 0) is 0 Å². The van der Waals surface area contributed by atoms with E-state index in [0.717, 1.165) is 27.4 Å². The Labute approximate surface area is 138 Å². The fourth-order valence-electron chi connectivity index (χ4n) is 2.42. The zero-order valence-corrected chi connectivity index (χ0v) is 15.0. The number of fused-ring (bicyclic) bond motifs is 1. The Hall–Kier alpha value is -1.07. The second-order valence-corrected chi connectivity index (χ2v) is 7.49. The largest absolute Gasteiger partial charge is 0.397 e. The molecule has 1 heterocycles. The van der Waals surface area contributed by atoms with Gasteiger partial charge in [-0.1, -0.05) is 42.3 Å². The van der Waals surface area contributed by atoms with Gasteiger partial charge in [0.25, 0.3) is 5.91 Å². The molecule has 2 atom stereocenters. The average molecular weight is 369 g/mol. The minimum atomic E-state index is -0.0728. The Balaban J connectivity index is 2.20. The van der Waals surface area contributed by atoms with Gasteiger partial charge in [0.1, 0.15) is 4.88 Å². The quantitative estimate of drug-likeness (QED) is 0.795. The first-order valence-electron chi connectivity index (χ1n) is 7.21. The molecule has 3 N–H and O–H groups in total. The molecule has 0 aliphatic heterocycles. The van der Waals surface area contributed by atoms with Gasteiger partial charge in [-0.2, -0.15) is 0 Å². The summed E-state index contributed by atoms with van der Waals surface area (Å²) in [6.07, 6.45) is 2.11. The Morgan fingerprint density at radius 2 is 2.14 bits per heavy atom. The summed E-state index contributed by atoms with van der Waals surface area (Å²) in [7, 11) is 0. The Morgan fingerprint density at radius 1 is 1.43 bits per heavy atom. The SMILES string of the molecule is CCC(C)CC(C)NC(=O)c1sc2cccc(Br)c2c1N. The molecule has 2 unspecified atom stereocenters. The van der Waals surface area contributed by atoms with Crippen molar-refractivity contribution in [2.24, 2.45) is 5.92 Å². The van der Waals surface area contributed by atoms with E-state index < -0.39 is 0 Å². The van der Waals surface area contributed by atoms with Crippen LogP contribution in [0, 0.1) is 5.92 Å². The van der Waals surface area contributed by atoms with E-state index in [0.29, 0.717) is 16.5 Å². The number of nitrogen functional groups attached to an aromatic ring is 1. The second kappa shape index (κ2) is 6.79. The normalized spacial score (nSPS) is 14.1. The van der Waals surface area contributed by atoms with Crippen molar-refractivity contribution < 1.29 is 4.79 Å². The number of hydrogen-bond donors (Lipinski definition) is 2. The van der Waals surface area contributed by atoms with Gasteiger partial charge in [-0.05, 0) is 31.4 Å². The van der Waals surface area contributed by atoms with Crippen molar-refractivity contribution in [1.29, 1.82) is 0 Å². The van der Waals surface area contributed by atoms with Crippen molar-refractivity contribution in [1.82, 2.24) is 5.32 Å². The maximum absolute atomic E-state index is 12.4. The molecule has 0 radical (unpaired) electrons. The number of halogens is 1. The summed E-state index contributed by atoms with van der Waals surface area (Å²) in [5.74, 6) is 0.533. The summed E-state index contributed by atoms with van der Waals surface area (Å²) in [5, 5.41) is 3.99. The van der Waals surface area contributed by atoms with Gasteiger partial charge in [0.05, 0.1) is 5.69 Å². The molecule has 2 rings (SSSR count). The van der Waals surface area contributed by atoms with Crippen LogP contribution < -0.4 is 11.1 Å². The number of carbonyl (C=O) groups is 1. The maximum atomic E-state index is 12.4. The van der Waals surface area contributed by atoms with E-state index in [9.17, 15) is 4.79 Å². The molecule has 21 heavy (non-hydrogen) atoms. The fourth-order valence-corrected chi connectivity index (χ4v) is 4.18. The molecule has 0 fully saturated rings. The number of thiophene rings is 1. The molecule has 114 valence electrons. The topological polar surface area (TPSA) is 55.1 Å². The van der Waals surface area contributed by atoms with Crippen molar-refractivity contribution in [3.63, 3.8) is 0 Å². The van der Waals surface area contributed by atoms with Crippen LogP contribution in [0.15, 0.2) is 22.7 Å². The van der Waals surface area contributed by atoms with Crippen molar-refractivity contribution in [3.05, 3.63) is 27.5 Å². The molecular formula is C16H21BrN2OS. The maximum Gasteiger partial charge on any atom is 0.263 e. The van der Waals surface area contributed by atoms with Crippen molar-refractivity contribution in [3.8, 4) is 0 Å². The lowest BCUT2D eigenvalue weighted by Crippen LogP contribution is -2.33. The molecule has 0 saturated carbocycles. The number of nitrogens with one attached hydrogen (secondary N) is 1. The van der Waals surface area contributed by atoms with Gasteiger partial charge in [-0.3, -0.25) is 4.79 Å². The molecule has 1 amide bonds. The van der Waals surface area contributed by atoms with E-state index in [2.05, 4.69) is 35.1 Å². The van der Waals surface area contributed by atoms with Crippen LogP contribution in [0.2, 0.25) is 0 Å². The van der Waals surface area contributed by atoms with E-state index >= 15 is 0 Å². The van der Waals surface area contributed by atoms with Crippen LogP contribution in [0.5, 0.6) is 0 Å². The van der Waals surface area contributed by atoms with Crippen molar-refractivity contribution >= 4 is 48.9 Å². The summed E-state index contributed by atoms with van der Waals surface area (Å²) >= 11 is 4.94. The predicted molar refractivity (Wildman–Crippen MR) is 94.9 cm³/mol. The lowest BCUT2D eigenvalue weighted by atomic mass is 10.0. The Bertz CT molecular complexity index is 653. The number of carbonyl (C=O) groups excluding carboxylic acids is 1. The van der Waals surface area contributed by atoms with Gasteiger partial charge in [0.15, 0.2) is 0 Å². The molecule has 0 saturated heterocycles. The van der Waals surface area contributed by atoms with E-state index in [4.69, 9.17) is 5.73 Å². The first-order valence-corrected chi connectivity index (χ1v) is 8.82. The van der Waals surface area contributed by atoms with E-state index in [1.807, 2.05) is 25.1 Å². The first-order chi connectivity index (χ1) is 9.93. The van der Waals surface area contributed by atoms with Gasteiger partial charge in [0.2, 0.25) is 0 Å². The third-order valence-electron chi connectivity index (χ3n) is 3.74. The van der Waals surface area contributed by atoms with Crippen LogP contribution in [0.1, 0.15) is 43.3 Å². The zero-order valence-electron chi connectivity index (χ0n) is 12.6. The smallest absolute Gasteiger partial charge is 0.263 e. The monoisotopic (exact) mass is 368 g/mol. The van der Waals surface area contributed by atoms with Gasteiger partial charge in [0, 0.05) is 20.6 Å². The number of amides is 1. The lowest BCUT2D eigenvalue weighted by molar-refractivity contribution is 0.0940. The summed E-state index contributed by atoms with van der Waals surface area (Å²) < 4.78 is 1.96. The average Bonchev–Trinajstić information content (AvgIpc) is 2.77. The highest BCUT2D eigenvalue weighted by Gasteiger charge is 2.19. The first kappa shape index (κ1) is 16.3. The van der Waals surface area contributed by atoms with Gasteiger partial charge < -0.3 is 11.1 Å². The number of hydrogen-bond acceptors (Lipinski definition) is 3. The van der Waals surface area contributed by atoms with Crippen molar-refractivity contribution in [2.45, 2.75) is 39.7 Å². The lowest BCUT2D eigenvalue weighted by Gasteiger charge is -2.17. The number of nitrogens with two attached hydrogens (primary N) is 1. The molecule has 3 nitrogen and oxygen atoms in total. The molecule has 0 spiro atoms. The minimum absolute atomic E-state index is 0.0728. The molecule has 2 aromatic rings. The Morgan fingerprint density at radius 3 is 2.76 bits per heavy atom. The highest BCUT2D eigenvalue weighted by Crippen LogP contribution is 2.38. The van der Waals surface area contributed by atoms with E-state index in [1.165, 1.54) is 11.3 Å². The highest BCUT2D eigenvalue weighted by atomic mass is 79.9. The molecule has 0 bridgehead atoms. The van der Waals surface area contributed by atoms with Crippen LogP contribution in [0.4, 0.5) is 5.69 Å². The molecule has 5 heteroatoms.